The van der Waals surface area contributed by atoms with Crippen LogP contribution in [0.25, 0.3) is 22.3 Å². The van der Waals surface area contributed by atoms with Crippen molar-refractivity contribution in [3.8, 4) is 33.8 Å². The third kappa shape index (κ3) is 24.1. The molecule has 2 fully saturated rings. The smallest absolute Gasteiger partial charge is 0.338 e. The van der Waals surface area contributed by atoms with Crippen molar-refractivity contribution in [1.29, 1.82) is 0 Å². The first-order chi connectivity index (χ1) is 41.8. The molecule has 0 amide bonds. The van der Waals surface area contributed by atoms with Crippen molar-refractivity contribution < 1.29 is 47.5 Å². The van der Waals surface area contributed by atoms with Crippen LogP contribution in [0.1, 0.15) is 194 Å². The van der Waals surface area contributed by atoms with Gasteiger partial charge in [0.25, 0.3) is 0 Å². The van der Waals surface area contributed by atoms with E-state index in [1.165, 1.54) is 110 Å². The van der Waals surface area contributed by atoms with Crippen LogP contribution in [0.5, 0.6) is 11.5 Å². The Morgan fingerprint density at radius 1 is 0.424 bits per heavy atom. The lowest BCUT2D eigenvalue weighted by Crippen LogP contribution is -2.34. The number of hydrogen-bond donors (Lipinski definition) is 0. The molecule has 0 radical (unpaired) electrons. The second-order valence-corrected chi connectivity index (χ2v) is 23.5. The normalized spacial score (nSPS) is 17.5. The van der Waals surface area contributed by atoms with Crippen LogP contribution in [-0.2, 0) is 33.3 Å². The quantitative estimate of drug-likeness (QED) is 0.0162. The Labute approximate surface area is 509 Å². The maximum Gasteiger partial charge on any atom is 0.338 e. The molecule has 458 valence electrons. The van der Waals surface area contributed by atoms with Gasteiger partial charge >= 0.3 is 17.9 Å². The second-order valence-electron chi connectivity index (χ2n) is 23.5. The molecule has 0 aromatic heterocycles. The van der Waals surface area contributed by atoms with E-state index in [9.17, 15) is 14.4 Å². The van der Waals surface area contributed by atoms with Gasteiger partial charge in [0.05, 0.1) is 50.8 Å². The minimum atomic E-state index is -0.361. The number of unbranched alkanes of at least 4 members (excludes halogenated alkanes) is 7. The zero-order valence-electron chi connectivity index (χ0n) is 51.2. The van der Waals surface area contributed by atoms with Crippen LogP contribution in [0.2, 0.25) is 0 Å². The molecular weight excluding hydrogens is 1060 g/mol. The van der Waals surface area contributed by atoms with Gasteiger partial charge < -0.3 is 33.2 Å². The maximum absolute atomic E-state index is 13.0. The van der Waals surface area contributed by atoms with Gasteiger partial charge in [-0.3, -0.25) is 0 Å². The minimum absolute atomic E-state index is 0.0352. The third-order valence-corrected chi connectivity index (χ3v) is 17.3. The predicted octanol–water partition coefficient (Wildman–Crippen LogP) is 18.4. The minimum Gasteiger partial charge on any atom is -0.494 e. The van der Waals surface area contributed by atoms with Gasteiger partial charge in [0.1, 0.15) is 11.5 Å². The molecule has 0 spiro atoms. The first kappa shape index (κ1) is 66.0. The average molecular weight is 1160 g/mol. The molecular formula is C75H98O10. The fourth-order valence-corrected chi connectivity index (χ4v) is 12.2. The summed E-state index contributed by atoms with van der Waals surface area (Å²) >= 11 is 0. The van der Waals surface area contributed by atoms with E-state index < -0.39 is 0 Å². The monoisotopic (exact) mass is 1160 g/mol. The first-order valence-corrected chi connectivity index (χ1v) is 32.5. The fraction of sp³-hybridized carbons (Fsp3) is 0.507. The SMILES string of the molecule is C=CC(=O)OCCCCCCOc1ccc(-c2ccc(C3CCC(CCCOC(CCCC)C(CCOC(=O)c4ccccc4)OCCCC4CCC(c5ccc(-c6ccc(OCCCCCCOC(=O)C=C)cc6)cc5)CC4)CC3)cc2)cc1. The Morgan fingerprint density at radius 3 is 1.24 bits per heavy atom. The number of carbonyl (C=O) groups is 3. The van der Waals surface area contributed by atoms with E-state index in [1.54, 1.807) is 12.1 Å². The molecule has 2 saturated carbocycles. The van der Waals surface area contributed by atoms with Crippen molar-refractivity contribution in [2.24, 2.45) is 11.8 Å². The zero-order chi connectivity index (χ0) is 59.5. The molecule has 2 unspecified atom stereocenters. The lowest BCUT2D eigenvalue weighted by atomic mass is 9.77. The van der Waals surface area contributed by atoms with E-state index in [-0.39, 0.29) is 30.1 Å². The number of ether oxygens (including phenoxy) is 7. The Kier molecular flexibility index (Phi) is 29.9. The summed E-state index contributed by atoms with van der Waals surface area (Å²) in [6, 6.07) is 44.5. The molecule has 0 N–H and O–H groups in total. The summed E-state index contributed by atoms with van der Waals surface area (Å²) in [5, 5.41) is 0. The molecule has 5 aromatic carbocycles. The number of esters is 3. The highest BCUT2D eigenvalue weighted by molar-refractivity contribution is 5.89. The van der Waals surface area contributed by atoms with Crippen LogP contribution >= 0.6 is 0 Å². The van der Waals surface area contributed by atoms with Crippen LogP contribution in [0, 0.1) is 11.8 Å². The molecule has 2 aliphatic carbocycles. The van der Waals surface area contributed by atoms with Crippen LogP contribution in [0.3, 0.4) is 0 Å². The maximum atomic E-state index is 13.0. The summed E-state index contributed by atoms with van der Waals surface area (Å²) in [7, 11) is 0. The number of hydrogen-bond acceptors (Lipinski definition) is 10. The van der Waals surface area contributed by atoms with Crippen molar-refractivity contribution in [1.82, 2.24) is 0 Å². The highest BCUT2D eigenvalue weighted by Gasteiger charge is 2.27. The number of benzene rings is 5. The molecule has 85 heavy (non-hydrogen) atoms. The standard InChI is InChI=1S/C75H98O10/c1-4-7-25-71(81-55-19-21-58-26-30-60(31-27-58)62-34-38-64(39-35-62)66-42-46-69(47-43-66)79-51-15-8-10-17-53-83-73(76)5-2)72(50-57-85-75(78)68-23-13-12-14-24-68)82-56-20-22-59-28-32-61(33-29-59)63-36-40-65(41-37-63)67-44-48-70(49-45-67)80-52-16-9-11-18-54-84-74(77)6-3/h5-6,12-14,23-24,34-49,58-61,71-72H,2-4,7-11,15-22,25-33,50-57H2,1H3. The van der Waals surface area contributed by atoms with Gasteiger partial charge in [0.2, 0.25) is 0 Å². The van der Waals surface area contributed by atoms with Crippen molar-refractivity contribution in [2.75, 3.05) is 46.2 Å². The van der Waals surface area contributed by atoms with Crippen molar-refractivity contribution in [3.05, 3.63) is 169 Å². The van der Waals surface area contributed by atoms with E-state index in [1.807, 2.05) is 18.2 Å². The molecule has 7 rings (SSSR count). The summed E-state index contributed by atoms with van der Waals surface area (Å²) in [6.45, 7) is 13.0. The van der Waals surface area contributed by atoms with Crippen LogP contribution in [0.15, 0.2) is 153 Å². The lowest BCUT2D eigenvalue weighted by molar-refractivity contribution is -0.138. The molecule has 0 heterocycles. The Bertz CT molecular complexity index is 2650. The average Bonchev–Trinajstić information content (AvgIpc) is 3.70. The lowest BCUT2D eigenvalue weighted by Gasteiger charge is -2.31. The largest absolute Gasteiger partial charge is 0.494 e. The van der Waals surface area contributed by atoms with Gasteiger partial charge in [-0.15, -0.1) is 0 Å². The van der Waals surface area contributed by atoms with Crippen molar-refractivity contribution in [3.63, 3.8) is 0 Å². The topological polar surface area (TPSA) is 116 Å². The van der Waals surface area contributed by atoms with E-state index in [0.717, 1.165) is 107 Å². The van der Waals surface area contributed by atoms with Gasteiger partial charge in [0, 0.05) is 31.8 Å². The number of rotatable bonds is 40. The van der Waals surface area contributed by atoms with E-state index in [2.05, 4.69) is 117 Å². The van der Waals surface area contributed by atoms with Gasteiger partial charge in [-0.1, -0.05) is 124 Å². The van der Waals surface area contributed by atoms with Crippen LogP contribution < -0.4 is 9.47 Å². The summed E-state index contributed by atoms with van der Waals surface area (Å²) in [4.78, 5) is 35.3. The highest BCUT2D eigenvalue weighted by atomic mass is 16.6. The first-order valence-electron chi connectivity index (χ1n) is 32.5. The molecule has 10 nitrogen and oxygen atoms in total. The second kappa shape index (κ2) is 38.5. The summed E-state index contributed by atoms with van der Waals surface area (Å²) < 4.78 is 41.5. The number of carbonyl (C=O) groups excluding carboxylic acids is 3. The molecule has 10 heteroatoms. The van der Waals surface area contributed by atoms with Gasteiger partial charge in [-0.05, 0) is 228 Å². The summed E-state index contributed by atoms with van der Waals surface area (Å²) in [6.07, 6.45) is 28.0. The summed E-state index contributed by atoms with van der Waals surface area (Å²) in [5.41, 5.74) is 8.29. The Balaban J connectivity index is 0.794. The highest BCUT2D eigenvalue weighted by Crippen LogP contribution is 2.40. The predicted molar refractivity (Wildman–Crippen MR) is 342 cm³/mol. The van der Waals surface area contributed by atoms with Crippen molar-refractivity contribution in [2.45, 2.75) is 185 Å². The van der Waals surface area contributed by atoms with Crippen LogP contribution in [-0.4, -0.2) is 76.4 Å². The van der Waals surface area contributed by atoms with E-state index in [4.69, 9.17) is 33.2 Å². The van der Waals surface area contributed by atoms with Gasteiger partial charge in [-0.25, -0.2) is 14.4 Å². The third-order valence-electron chi connectivity index (χ3n) is 17.3. The molecule has 5 aromatic rings. The fourth-order valence-electron chi connectivity index (χ4n) is 12.2. The van der Waals surface area contributed by atoms with Gasteiger partial charge in [0.15, 0.2) is 0 Å². The van der Waals surface area contributed by atoms with Gasteiger partial charge in [-0.2, -0.15) is 0 Å². The van der Waals surface area contributed by atoms with E-state index in [0.29, 0.717) is 69.4 Å². The Hall–Kier alpha value is -6.49. The van der Waals surface area contributed by atoms with Crippen LogP contribution in [0.4, 0.5) is 0 Å². The molecule has 0 aliphatic heterocycles. The molecule has 2 atom stereocenters. The summed E-state index contributed by atoms with van der Waals surface area (Å²) in [5.74, 6) is 3.40. The zero-order valence-corrected chi connectivity index (χ0v) is 51.2. The molecule has 0 bridgehead atoms. The molecule has 2 aliphatic rings. The molecule has 0 saturated heterocycles. The van der Waals surface area contributed by atoms with Crippen molar-refractivity contribution >= 4 is 17.9 Å². The Morgan fingerprint density at radius 2 is 0.824 bits per heavy atom. The van der Waals surface area contributed by atoms with E-state index >= 15 is 0 Å².